The van der Waals surface area contributed by atoms with Crippen molar-refractivity contribution in [3.63, 3.8) is 0 Å². The SMILES string of the molecule is CCCCCc1ccc2c(c1O)C(=O)c1c(O)ccc(O)c1C2=S. The van der Waals surface area contributed by atoms with Crippen molar-refractivity contribution in [1.82, 2.24) is 0 Å². The average molecular weight is 342 g/mol. The molecule has 0 spiro atoms. The summed E-state index contributed by atoms with van der Waals surface area (Å²) in [4.78, 5) is 13.1. The molecule has 0 atom stereocenters. The fourth-order valence-corrected chi connectivity index (χ4v) is 3.50. The molecule has 0 fully saturated rings. The Labute approximate surface area is 145 Å². The fourth-order valence-electron chi connectivity index (χ4n) is 3.12. The zero-order chi connectivity index (χ0) is 17.4. The number of hydrogen-bond donors (Lipinski definition) is 3. The second-order valence-electron chi connectivity index (χ2n) is 5.97. The van der Waals surface area contributed by atoms with Crippen LogP contribution in [0.2, 0.25) is 0 Å². The summed E-state index contributed by atoms with van der Waals surface area (Å²) in [6, 6.07) is 6.04. The number of benzene rings is 2. The molecule has 0 radical (unpaired) electrons. The number of thiocarbonyl (C=S) groups is 1. The third kappa shape index (κ3) is 2.45. The molecule has 0 saturated heterocycles. The van der Waals surface area contributed by atoms with Gasteiger partial charge in [-0.2, -0.15) is 0 Å². The second kappa shape index (κ2) is 6.24. The molecule has 24 heavy (non-hydrogen) atoms. The molecule has 1 aliphatic rings. The van der Waals surface area contributed by atoms with E-state index in [1.54, 1.807) is 12.1 Å². The van der Waals surface area contributed by atoms with E-state index < -0.39 is 5.78 Å². The van der Waals surface area contributed by atoms with E-state index in [0.717, 1.165) is 19.3 Å². The van der Waals surface area contributed by atoms with Crippen molar-refractivity contribution >= 4 is 22.9 Å². The Kier molecular flexibility index (Phi) is 4.28. The summed E-state index contributed by atoms with van der Waals surface area (Å²) in [6.07, 6.45) is 3.70. The quantitative estimate of drug-likeness (QED) is 0.381. The van der Waals surface area contributed by atoms with E-state index in [0.29, 0.717) is 17.5 Å². The van der Waals surface area contributed by atoms with E-state index in [1.807, 2.05) is 0 Å². The van der Waals surface area contributed by atoms with Crippen LogP contribution in [0.25, 0.3) is 0 Å². The molecule has 0 aromatic heterocycles. The first kappa shape index (κ1) is 16.5. The zero-order valence-electron chi connectivity index (χ0n) is 13.3. The number of rotatable bonds is 4. The third-order valence-corrected chi connectivity index (χ3v) is 4.82. The number of carbonyl (C=O) groups excluding carboxylic acids is 1. The van der Waals surface area contributed by atoms with Gasteiger partial charge in [-0.15, -0.1) is 0 Å². The van der Waals surface area contributed by atoms with E-state index in [2.05, 4.69) is 6.92 Å². The molecule has 0 heterocycles. The van der Waals surface area contributed by atoms with Gasteiger partial charge >= 0.3 is 0 Å². The Bertz CT molecular complexity index is 855. The number of carbonyl (C=O) groups is 1. The fraction of sp³-hybridized carbons (Fsp3) is 0.263. The van der Waals surface area contributed by atoms with Crippen molar-refractivity contribution in [2.45, 2.75) is 32.6 Å². The van der Waals surface area contributed by atoms with Crippen LogP contribution in [0.5, 0.6) is 17.2 Å². The Morgan fingerprint density at radius 1 is 0.917 bits per heavy atom. The zero-order valence-corrected chi connectivity index (χ0v) is 14.1. The lowest BCUT2D eigenvalue weighted by Gasteiger charge is -2.23. The first-order chi connectivity index (χ1) is 11.5. The smallest absolute Gasteiger partial charge is 0.201 e. The van der Waals surface area contributed by atoms with Gasteiger partial charge in [0.25, 0.3) is 0 Å². The Morgan fingerprint density at radius 2 is 1.58 bits per heavy atom. The van der Waals surface area contributed by atoms with Crippen LogP contribution in [0.1, 0.15) is 58.8 Å². The van der Waals surface area contributed by atoms with Crippen molar-refractivity contribution in [2.75, 3.05) is 0 Å². The molecule has 2 aromatic carbocycles. The molecule has 3 N–H and O–H groups in total. The number of aromatic hydroxyl groups is 3. The van der Waals surface area contributed by atoms with Crippen LogP contribution in [0.3, 0.4) is 0 Å². The predicted molar refractivity (Wildman–Crippen MR) is 95.3 cm³/mol. The Hall–Kier alpha value is -2.40. The van der Waals surface area contributed by atoms with E-state index in [4.69, 9.17) is 12.2 Å². The van der Waals surface area contributed by atoms with Crippen LogP contribution in [0.4, 0.5) is 0 Å². The predicted octanol–water partition coefficient (Wildman–Crippen LogP) is 3.85. The first-order valence-corrected chi connectivity index (χ1v) is 8.37. The number of hydrogen-bond acceptors (Lipinski definition) is 5. The summed E-state index contributed by atoms with van der Waals surface area (Å²) in [5.41, 5.74) is 1.33. The molecule has 5 heteroatoms. The Morgan fingerprint density at radius 3 is 2.25 bits per heavy atom. The topological polar surface area (TPSA) is 77.8 Å². The van der Waals surface area contributed by atoms with Crippen molar-refractivity contribution in [3.8, 4) is 17.2 Å². The highest BCUT2D eigenvalue weighted by Gasteiger charge is 2.34. The van der Waals surface area contributed by atoms with Gasteiger partial charge in [0.2, 0.25) is 5.78 Å². The highest BCUT2D eigenvalue weighted by Crippen LogP contribution is 2.41. The molecule has 3 rings (SSSR count). The Balaban J connectivity index is 2.15. The van der Waals surface area contributed by atoms with E-state index in [1.165, 1.54) is 12.1 Å². The number of phenolic OH excluding ortho intramolecular Hbond substituents is 3. The van der Waals surface area contributed by atoms with Crippen LogP contribution >= 0.6 is 12.2 Å². The van der Waals surface area contributed by atoms with E-state index in [-0.39, 0.29) is 38.8 Å². The highest BCUT2D eigenvalue weighted by molar-refractivity contribution is 7.81. The van der Waals surface area contributed by atoms with Gasteiger partial charge in [-0.1, -0.05) is 44.1 Å². The second-order valence-corrected chi connectivity index (χ2v) is 6.37. The van der Waals surface area contributed by atoms with Gasteiger partial charge in [0.1, 0.15) is 17.2 Å². The number of unbranched alkanes of at least 4 members (excludes halogenated alkanes) is 2. The summed E-state index contributed by atoms with van der Waals surface area (Å²) in [5, 5.41) is 30.7. The normalized spacial score (nSPS) is 12.9. The molecular weight excluding hydrogens is 324 g/mol. The van der Waals surface area contributed by atoms with Gasteiger partial charge in [0.05, 0.1) is 16.0 Å². The summed E-state index contributed by atoms with van der Waals surface area (Å²) in [7, 11) is 0. The molecule has 0 bridgehead atoms. The highest BCUT2D eigenvalue weighted by atomic mass is 32.1. The summed E-state index contributed by atoms with van der Waals surface area (Å²) in [5.74, 6) is -1.00. The van der Waals surface area contributed by atoms with Crippen LogP contribution < -0.4 is 0 Å². The third-order valence-electron chi connectivity index (χ3n) is 4.40. The van der Waals surface area contributed by atoms with Crippen molar-refractivity contribution in [3.05, 3.63) is 52.1 Å². The van der Waals surface area contributed by atoms with Gasteiger partial charge in [-0.25, -0.2) is 0 Å². The molecule has 124 valence electrons. The lowest BCUT2D eigenvalue weighted by Crippen LogP contribution is -2.21. The molecule has 0 amide bonds. The molecule has 2 aromatic rings. The average Bonchev–Trinajstić information content (AvgIpc) is 2.56. The summed E-state index contributed by atoms with van der Waals surface area (Å²) >= 11 is 5.39. The van der Waals surface area contributed by atoms with Gasteiger partial charge in [-0.05, 0) is 30.5 Å². The van der Waals surface area contributed by atoms with E-state index in [9.17, 15) is 20.1 Å². The molecule has 0 aliphatic heterocycles. The maximum atomic E-state index is 12.8. The number of fused-ring (bicyclic) bond motifs is 2. The maximum absolute atomic E-state index is 12.8. The molecule has 1 aliphatic carbocycles. The number of aryl methyl sites for hydroxylation is 1. The van der Waals surface area contributed by atoms with Crippen molar-refractivity contribution in [2.24, 2.45) is 0 Å². The largest absolute Gasteiger partial charge is 0.507 e. The van der Waals surface area contributed by atoms with Gasteiger partial charge in [0, 0.05) is 11.1 Å². The molecule has 4 nitrogen and oxygen atoms in total. The van der Waals surface area contributed by atoms with Crippen LogP contribution in [-0.2, 0) is 6.42 Å². The summed E-state index contributed by atoms with van der Waals surface area (Å²) in [6.45, 7) is 2.10. The van der Waals surface area contributed by atoms with Gasteiger partial charge < -0.3 is 15.3 Å². The van der Waals surface area contributed by atoms with Gasteiger partial charge in [0.15, 0.2) is 0 Å². The van der Waals surface area contributed by atoms with Crippen LogP contribution in [0.15, 0.2) is 24.3 Å². The number of ketones is 1. The lowest BCUT2D eigenvalue weighted by atomic mass is 9.82. The van der Waals surface area contributed by atoms with Crippen LogP contribution in [-0.4, -0.2) is 26.0 Å². The molecular formula is C19H18O4S. The number of phenols is 3. The summed E-state index contributed by atoms with van der Waals surface area (Å²) < 4.78 is 0. The first-order valence-electron chi connectivity index (χ1n) is 7.96. The van der Waals surface area contributed by atoms with Crippen molar-refractivity contribution in [1.29, 1.82) is 0 Å². The minimum Gasteiger partial charge on any atom is -0.507 e. The monoisotopic (exact) mass is 342 g/mol. The van der Waals surface area contributed by atoms with Crippen molar-refractivity contribution < 1.29 is 20.1 Å². The van der Waals surface area contributed by atoms with Crippen LogP contribution in [0, 0.1) is 0 Å². The molecule has 0 saturated carbocycles. The van der Waals surface area contributed by atoms with Gasteiger partial charge in [-0.3, -0.25) is 4.79 Å². The minimum absolute atomic E-state index is 0.0477. The molecule has 0 unspecified atom stereocenters. The minimum atomic E-state index is -0.517. The lowest BCUT2D eigenvalue weighted by molar-refractivity contribution is 0.103. The maximum Gasteiger partial charge on any atom is 0.201 e. The standard InChI is InChI=1S/C19H18O4S/c1-2-3-4-5-10-6-7-11-14(17(10)22)18(23)15-12(20)8-9-13(21)16(15)19(11)24/h6-9,20-22H,2-5H2,1H3. The van der Waals surface area contributed by atoms with E-state index >= 15 is 0 Å².